The van der Waals surface area contributed by atoms with Gasteiger partial charge in [-0.05, 0) is 43.1 Å². The Morgan fingerprint density at radius 3 is 3.07 bits per heavy atom. The van der Waals surface area contributed by atoms with Crippen LogP contribution in [0.15, 0.2) is 22.7 Å². The van der Waals surface area contributed by atoms with Crippen molar-refractivity contribution in [2.24, 2.45) is 0 Å². The summed E-state index contributed by atoms with van der Waals surface area (Å²) in [5.74, 6) is 0. The molecule has 1 aromatic carbocycles. The van der Waals surface area contributed by atoms with Gasteiger partial charge < -0.3 is 10.2 Å². The Kier molecular flexibility index (Phi) is 2.08. The largest absolute Gasteiger partial charge is 0.367 e. The lowest BCUT2D eigenvalue weighted by atomic mass is 9.94. The topological polar surface area (TPSA) is 15.3 Å². The van der Waals surface area contributed by atoms with E-state index in [2.05, 4.69) is 51.4 Å². The molecule has 2 aliphatic rings. The van der Waals surface area contributed by atoms with Gasteiger partial charge in [0.25, 0.3) is 0 Å². The van der Waals surface area contributed by atoms with Gasteiger partial charge in [-0.3, -0.25) is 0 Å². The minimum absolute atomic E-state index is 0.350. The van der Waals surface area contributed by atoms with Crippen molar-refractivity contribution in [3.05, 3.63) is 28.2 Å². The van der Waals surface area contributed by atoms with Gasteiger partial charge in [0.05, 0.1) is 5.54 Å². The van der Waals surface area contributed by atoms with Gasteiger partial charge in [0.2, 0.25) is 0 Å². The molecule has 0 bridgehead atoms. The Balaban J connectivity index is 2.04. The van der Waals surface area contributed by atoms with Gasteiger partial charge in [0.1, 0.15) is 0 Å². The first-order valence-corrected chi connectivity index (χ1v) is 6.24. The lowest BCUT2D eigenvalue weighted by molar-refractivity contribution is 0.465. The average Bonchev–Trinajstić information content (AvgIpc) is 2.76. The van der Waals surface area contributed by atoms with Crippen LogP contribution in [-0.4, -0.2) is 25.7 Å². The molecule has 80 valence electrons. The molecular weight excluding hydrogens is 252 g/mol. The fourth-order valence-corrected chi connectivity index (χ4v) is 3.33. The Bertz CT molecular complexity index is 397. The van der Waals surface area contributed by atoms with Crippen LogP contribution in [0.3, 0.4) is 0 Å². The van der Waals surface area contributed by atoms with Crippen molar-refractivity contribution >= 4 is 21.6 Å². The zero-order chi connectivity index (χ0) is 10.5. The van der Waals surface area contributed by atoms with Crippen molar-refractivity contribution in [1.29, 1.82) is 0 Å². The third kappa shape index (κ3) is 1.33. The molecule has 1 spiro atoms. The molecule has 1 atom stereocenters. The van der Waals surface area contributed by atoms with Crippen LogP contribution in [0.25, 0.3) is 0 Å². The Morgan fingerprint density at radius 2 is 2.33 bits per heavy atom. The molecule has 1 aromatic rings. The van der Waals surface area contributed by atoms with E-state index in [1.54, 1.807) is 0 Å². The molecule has 1 N–H and O–H groups in total. The van der Waals surface area contributed by atoms with E-state index in [-0.39, 0.29) is 0 Å². The molecule has 0 aromatic heterocycles. The molecule has 0 radical (unpaired) electrons. The average molecular weight is 267 g/mol. The number of hydrogen-bond donors (Lipinski definition) is 1. The number of halogens is 1. The summed E-state index contributed by atoms with van der Waals surface area (Å²) < 4.78 is 1.19. The van der Waals surface area contributed by atoms with E-state index < -0.39 is 0 Å². The number of nitrogens with zero attached hydrogens (tertiary/aromatic N) is 1. The molecule has 0 amide bonds. The second-order valence-corrected chi connectivity index (χ2v) is 5.58. The van der Waals surface area contributed by atoms with Crippen LogP contribution in [0.1, 0.15) is 12.0 Å². The summed E-state index contributed by atoms with van der Waals surface area (Å²) in [4.78, 5) is 2.47. The number of likely N-dealkylation sites (N-methyl/N-ethyl adjacent to an activating group) is 1. The van der Waals surface area contributed by atoms with E-state index in [1.165, 1.54) is 28.6 Å². The van der Waals surface area contributed by atoms with Crippen molar-refractivity contribution in [3.8, 4) is 0 Å². The molecule has 1 saturated heterocycles. The van der Waals surface area contributed by atoms with E-state index in [9.17, 15) is 0 Å². The van der Waals surface area contributed by atoms with Crippen molar-refractivity contribution in [2.75, 3.05) is 25.0 Å². The maximum Gasteiger partial charge on any atom is 0.0576 e. The van der Waals surface area contributed by atoms with Crippen LogP contribution in [-0.2, 0) is 6.42 Å². The van der Waals surface area contributed by atoms with Gasteiger partial charge in [-0.15, -0.1) is 0 Å². The van der Waals surface area contributed by atoms with Crippen LogP contribution in [0.2, 0.25) is 0 Å². The van der Waals surface area contributed by atoms with Crippen molar-refractivity contribution in [1.82, 2.24) is 5.32 Å². The first-order valence-electron chi connectivity index (χ1n) is 5.44. The third-order valence-corrected chi connectivity index (χ3v) is 4.35. The van der Waals surface area contributed by atoms with Gasteiger partial charge in [0, 0.05) is 23.8 Å². The van der Waals surface area contributed by atoms with Crippen LogP contribution in [0, 0.1) is 0 Å². The van der Waals surface area contributed by atoms with E-state index in [1.807, 2.05) is 0 Å². The normalized spacial score (nSPS) is 28.8. The smallest absolute Gasteiger partial charge is 0.0576 e. The monoisotopic (exact) mass is 266 g/mol. The van der Waals surface area contributed by atoms with Crippen molar-refractivity contribution in [3.63, 3.8) is 0 Å². The summed E-state index contributed by atoms with van der Waals surface area (Å²) in [6.07, 6.45) is 2.45. The fourth-order valence-electron chi connectivity index (χ4n) is 2.92. The van der Waals surface area contributed by atoms with Crippen LogP contribution < -0.4 is 10.2 Å². The molecule has 0 saturated carbocycles. The fraction of sp³-hybridized carbons (Fsp3) is 0.500. The molecular formula is C12H15BrN2. The molecule has 3 rings (SSSR count). The molecule has 1 fully saturated rings. The summed E-state index contributed by atoms with van der Waals surface area (Å²) in [6, 6.07) is 6.63. The standard InChI is InChI=1S/C12H15BrN2/c1-15-11-3-2-10(13)6-9(11)7-12(15)4-5-14-8-12/h2-3,6,14H,4-5,7-8H2,1H3. The van der Waals surface area contributed by atoms with E-state index in [4.69, 9.17) is 0 Å². The predicted octanol–water partition coefficient (Wildman–Crippen LogP) is 2.17. The number of fused-ring (bicyclic) bond motifs is 1. The zero-order valence-corrected chi connectivity index (χ0v) is 10.5. The molecule has 1 unspecified atom stereocenters. The molecule has 2 aliphatic heterocycles. The number of hydrogen-bond acceptors (Lipinski definition) is 2. The summed E-state index contributed by atoms with van der Waals surface area (Å²) in [6.45, 7) is 2.27. The van der Waals surface area contributed by atoms with Gasteiger partial charge in [-0.2, -0.15) is 0 Å². The van der Waals surface area contributed by atoms with Crippen LogP contribution in [0.5, 0.6) is 0 Å². The SMILES string of the molecule is CN1c2ccc(Br)cc2CC12CCNC2. The Labute approximate surface area is 98.8 Å². The minimum atomic E-state index is 0.350. The highest BCUT2D eigenvalue weighted by Crippen LogP contribution is 2.41. The first kappa shape index (κ1) is 9.67. The van der Waals surface area contributed by atoms with E-state index >= 15 is 0 Å². The number of nitrogens with one attached hydrogen (secondary N) is 1. The van der Waals surface area contributed by atoms with E-state index in [0.29, 0.717) is 5.54 Å². The van der Waals surface area contributed by atoms with Crippen molar-refractivity contribution in [2.45, 2.75) is 18.4 Å². The highest BCUT2D eigenvalue weighted by molar-refractivity contribution is 9.10. The van der Waals surface area contributed by atoms with Gasteiger partial charge in [-0.1, -0.05) is 15.9 Å². The first-order chi connectivity index (χ1) is 7.21. The van der Waals surface area contributed by atoms with Gasteiger partial charge in [0.15, 0.2) is 0 Å². The van der Waals surface area contributed by atoms with Crippen molar-refractivity contribution < 1.29 is 0 Å². The predicted molar refractivity (Wildman–Crippen MR) is 66.5 cm³/mol. The zero-order valence-electron chi connectivity index (χ0n) is 8.89. The number of benzene rings is 1. The van der Waals surface area contributed by atoms with Gasteiger partial charge >= 0.3 is 0 Å². The van der Waals surface area contributed by atoms with Crippen LogP contribution in [0.4, 0.5) is 5.69 Å². The molecule has 0 aliphatic carbocycles. The van der Waals surface area contributed by atoms with Gasteiger partial charge in [-0.25, -0.2) is 0 Å². The van der Waals surface area contributed by atoms with E-state index in [0.717, 1.165) is 13.1 Å². The second-order valence-electron chi connectivity index (χ2n) is 4.66. The maximum absolute atomic E-state index is 3.55. The lowest BCUT2D eigenvalue weighted by Gasteiger charge is -2.33. The Hall–Kier alpha value is -0.540. The molecule has 15 heavy (non-hydrogen) atoms. The molecule has 2 heterocycles. The summed E-state index contributed by atoms with van der Waals surface area (Å²) in [5, 5.41) is 3.48. The molecule has 3 heteroatoms. The minimum Gasteiger partial charge on any atom is -0.367 e. The maximum atomic E-state index is 3.55. The highest BCUT2D eigenvalue weighted by atomic mass is 79.9. The summed E-state index contributed by atoms with van der Waals surface area (Å²) in [5.41, 5.74) is 3.24. The van der Waals surface area contributed by atoms with Crippen LogP contribution >= 0.6 is 15.9 Å². The Morgan fingerprint density at radius 1 is 1.47 bits per heavy atom. The highest BCUT2D eigenvalue weighted by Gasteiger charge is 2.43. The quantitative estimate of drug-likeness (QED) is 0.775. The third-order valence-electron chi connectivity index (χ3n) is 3.86. The second kappa shape index (κ2) is 3.22. The summed E-state index contributed by atoms with van der Waals surface area (Å²) in [7, 11) is 2.23. The number of anilines is 1. The molecule has 2 nitrogen and oxygen atoms in total. The summed E-state index contributed by atoms with van der Waals surface area (Å²) >= 11 is 3.55. The lowest BCUT2D eigenvalue weighted by Crippen LogP contribution is -2.46. The number of rotatable bonds is 0.